The number of piperidine rings is 1. The van der Waals surface area contributed by atoms with Crippen molar-refractivity contribution in [1.82, 2.24) is 25.1 Å². The highest BCUT2D eigenvalue weighted by Crippen LogP contribution is 2.28. The predicted molar refractivity (Wildman–Crippen MR) is 121 cm³/mol. The van der Waals surface area contributed by atoms with Crippen molar-refractivity contribution in [2.24, 2.45) is 0 Å². The van der Waals surface area contributed by atoms with E-state index in [4.69, 9.17) is 21.3 Å². The van der Waals surface area contributed by atoms with Crippen LogP contribution in [-0.2, 0) is 4.74 Å². The van der Waals surface area contributed by atoms with E-state index in [1.165, 1.54) is 0 Å². The van der Waals surface area contributed by atoms with Crippen molar-refractivity contribution in [3.63, 3.8) is 0 Å². The zero-order valence-electron chi connectivity index (χ0n) is 18.2. The van der Waals surface area contributed by atoms with Gasteiger partial charge in [-0.25, -0.2) is 19.4 Å². The molecule has 8 nitrogen and oxygen atoms in total. The van der Waals surface area contributed by atoms with Crippen molar-refractivity contribution in [3.05, 3.63) is 41.8 Å². The molecule has 1 saturated heterocycles. The number of alkyl carbamates (subject to hydrolysis) is 1. The van der Waals surface area contributed by atoms with Crippen LogP contribution in [0.15, 0.2) is 36.7 Å². The smallest absolute Gasteiger partial charge is 0.409 e. The summed E-state index contributed by atoms with van der Waals surface area (Å²) in [6.07, 6.45) is 5.67. The van der Waals surface area contributed by atoms with E-state index in [-0.39, 0.29) is 12.2 Å². The van der Waals surface area contributed by atoms with Gasteiger partial charge in [0.25, 0.3) is 0 Å². The summed E-state index contributed by atoms with van der Waals surface area (Å²) in [5.74, 6) is 1.44. The van der Waals surface area contributed by atoms with Gasteiger partial charge in [-0.1, -0.05) is 17.7 Å². The first-order valence-electron chi connectivity index (χ1n) is 10.5. The van der Waals surface area contributed by atoms with E-state index < -0.39 is 11.7 Å². The van der Waals surface area contributed by atoms with Gasteiger partial charge in [0.1, 0.15) is 22.7 Å². The second kappa shape index (κ2) is 8.34. The molecule has 0 bridgehead atoms. The maximum Gasteiger partial charge on any atom is 0.409 e. The summed E-state index contributed by atoms with van der Waals surface area (Å²) >= 11 is 6.09. The van der Waals surface area contributed by atoms with Gasteiger partial charge in [-0.2, -0.15) is 5.10 Å². The maximum atomic E-state index is 12.4. The predicted octanol–water partition coefficient (Wildman–Crippen LogP) is 4.70. The van der Waals surface area contributed by atoms with Crippen LogP contribution in [0.2, 0.25) is 5.15 Å². The number of anilines is 1. The lowest BCUT2D eigenvalue weighted by molar-refractivity contribution is 0.0492. The van der Waals surface area contributed by atoms with E-state index >= 15 is 0 Å². The third-order valence-corrected chi connectivity index (χ3v) is 5.42. The van der Waals surface area contributed by atoms with Gasteiger partial charge in [-0.15, -0.1) is 0 Å². The molecule has 0 radical (unpaired) electrons. The molecule has 1 fully saturated rings. The topological polar surface area (TPSA) is 85.2 Å². The van der Waals surface area contributed by atoms with Crippen molar-refractivity contribution in [2.45, 2.75) is 64.8 Å². The molecular formula is C22H27ClN6O2. The standard InChI is InChI=1S/C22H27ClN6O2/c1-14-7-5-8-19(27-21(30)31-22(2,3)4)28(14)18-9-6-10-20(26-18)29-16-11-17(23)24-12-15(16)13-25-29/h6,9-14,19H,5,7-8H2,1-4H3,(H,27,30). The van der Waals surface area contributed by atoms with Gasteiger partial charge < -0.3 is 15.0 Å². The summed E-state index contributed by atoms with van der Waals surface area (Å²) in [4.78, 5) is 23.6. The molecular weight excluding hydrogens is 416 g/mol. The number of carbonyl (C=O) groups excluding carboxylic acids is 1. The Morgan fingerprint density at radius 1 is 1.23 bits per heavy atom. The van der Waals surface area contributed by atoms with Crippen LogP contribution < -0.4 is 10.2 Å². The molecule has 2 unspecified atom stereocenters. The van der Waals surface area contributed by atoms with Crippen LogP contribution in [0.1, 0.15) is 47.0 Å². The van der Waals surface area contributed by atoms with Crippen LogP contribution in [0.25, 0.3) is 16.7 Å². The number of rotatable bonds is 3. The summed E-state index contributed by atoms with van der Waals surface area (Å²) in [6.45, 7) is 7.71. The van der Waals surface area contributed by atoms with E-state index in [1.54, 1.807) is 23.1 Å². The van der Waals surface area contributed by atoms with Gasteiger partial charge in [-0.3, -0.25) is 0 Å². The quantitative estimate of drug-likeness (QED) is 0.592. The van der Waals surface area contributed by atoms with Crippen molar-refractivity contribution >= 4 is 34.4 Å². The van der Waals surface area contributed by atoms with E-state index in [1.807, 2.05) is 39.0 Å². The molecule has 0 saturated carbocycles. The number of fused-ring (bicyclic) bond motifs is 1. The van der Waals surface area contributed by atoms with Crippen LogP contribution >= 0.6 is 11.6 Å². The van der Waals surface area contributed by atoms with Gasteiger partial charge in [0.2, 0.25) is 0 Å². The van der Waals surface area contributed by atoms with Crippen molar-refractivity contribution in [1.29, 1.82) is 0 Å². The van der Waals surface area contributed by atoms with Gasteiger partial charge in [0.05, 0.1) is 11.7 Å². The fraction of sp³-hybridized carbons (Fsp3) is 0.455. The first-order chi connectivity index (χ1) is 14.7. The number of amides is 1. The van der Waals surface area contributed by atoms with E-state index in [0.29, 0.717) is 11.0 Å². The number of ether oxygens (including phenoxy) is 1. The Labute approximate surface area is 186 Å². The molecule has 0 aliphatic carbocycles. The average Bonchev–Trinajstić information content (AvgIpc) is 3.09. The molecule has 3 aromatic heterocycles. The van der Waals surface area contributed by atoms with Gasteiger partial charge >= 0.3 is 6.09 Å². The first kappa shape index (κ1) is 21.4. The SMILES string of the molecule is CC1CCCC(NC(=O)OC(C)(C)C)N1c1cccc(-n2ncc3cnc(Cl)cc32)n1. The highest BCUT2D eigenvalue weighted by Gasteiger charge is 2.31. The zero-order chi connectivity index (χ0) is 22.2. The number of halogens is 1. The second-order valence-electron chi connectivity index (χ2n) is 8.83. The molecule has 2 atom stereocenters. The molecule has 1 aliphatic rings. The lowest BCUT2D eigenvalue weighted by Crippen LogP contribution is -2.55. The normalized spacial score (nSPS) is 19.5. The molecule has 9 heteroatoms. The van der Waals surface area contributed by atoms with Crippen LogP contribution in [0, 0.1) is 0 Å². The maximum absolute atomic E-state index is 12.4. The minimum Gasteiger partial charge on any atom is -0.444 e. The van der Waals surface area contributed by atoms with Crippen LogP contribution in [0.4, 0.5) is 10.6 Å². The Morgan fingerprint density at radius 3 is 2.77 bits per heavy atom. The number of carbonyl (C=O) groups is 1. The lowest BCUT2D eigenvalue weighted by Gasteiger charge is -2.41. The van der Waals surface area contributed by atoms with Gasteiger partial charge in [0, 0.05) is 23.7 Å². The average molecular weight is 443 g/mol. The van der Waals surface area contributed by atoms with E-state index in [9.17, 15) is 4.79 Å². The zero-order valence-corrected chi connectivity index (χ0v) is 18.9. The first-order valence-corrected chi connectivity index (χ1v) is 10.8. The fourth-order valence-corrected chi connectivity index (χ4v) is 4.07. The summed E-state index contributed by atoms with van der Waals surface area (Å²) in [5.41, 5.74) is 0.282. The molecule has 4 heterocycles. The number of nitrogens with one attached hydrogen (secondary N) is 1. The molecule has 0 spiro atoms. The number of hydrogen-bond acceptors (Lipinski definition) is 6. The highest BCUT2D eigenvalue weighted by atomic mass is 35.5. The van der Waals surface area contributed by atoms with Gasteiger partial charge in [-0.05, 0) is 59.1 Å². The third kappa shape index (κ3) is 4.74. The van der Waals surface area contributed by atoms with Crippen molar-refractivity contribution < 1.29 is 9.53 Å². The number of aromatic nitrogens is 4. The molecule has 31 heavy (non-hydrogen) atoms. The Hall–Kier alpha value is -2.87. The molecule has 164 valence electrons. The second-order valence-corrected chi connectivity index (χ2v) is 9.21. The third-order valence-electron chi connectivity index (χ3n) is 5.21. The molecule has 3 aromatic rings. The van der Waals surface area contributed by atoms with Crippen LogP contribution in [0.5, 0.6) is 0 Å². The molecule has 4 rings (SSSR count). The minimum absolute atomic E-state index is 0.200. The highest BCUT2D eigenvalue weighted by molar-refractivity contribution is 6.30. The lowest BCUT2D eigenvalue weighted by atomic mass is 10.0. The Balaban J connectivity index is 1.65. The molecule has 0 aromatic carbocycles. The number of hydrogen-bond donors (Lipinski definition) is 1. The Kier molecular flexibility index (Phi) is 5.75. The molecule has 1 amide bonds. The largest absolute Gasteiger partial charge is 0.444 e. The van der Waals surface area contributed by atoms with Crippen molar-refractivity contribution in [3.8, 4) is 5.82 Å². The Bertz CT molecular complexity index is 1090. The number of nitrogens with zero attached hydrogens (tertiary/aromatic N) is 5. The monoisotopic (exact) mass is 442 g/mol. The van der Waals surface area contributed by atoms with Gasteiger partial charge in [0.15, 0.2) is 5.82 Å². The van der Waals surface area contributed by atoms with E-state index in [0.717, 1.165) is 36.0 Å². The summed E-state index contributed by atoms with van der Waals surface area (Å²) in [7, 11) is 0. The Morgan fingerprint density at radius 2 is 2.00 bits per heavy atom. The van der Waals surface area contributed by atoms with Crippen LogP contribution in [0.3, 0.4) is 0 Å². The van der Waals surface area contributed by atoms with E-state index in [2.05, 4.69) is 27.2 Å². The number of pyridine rings is 2. The fourth-order valence-electron chi connectivity index (χ4n) is 3.92. The minimum atomic E-state index is -0.551. The molecule has 1 N–H and O–H groups in total. The van der Waals surface area contributed by atoms with Crippen molar-refractivity contribution in [2.75, 3.05) is 4.90 Å². The molecule has 1 aliphatic heterocycles. The summed E-state index contributed by atoms with van der Waals surface area (Å²) in [5, 5.41) is 8.77. The summed E-state index contributed by atoms with van der Waals surface area (Å²) in [6, 6.07) is 7.78. The summed E-state index contributed by atoms with van der Waals surface area (Å²) < 4.78 is 7.22. The van der Waals surface area contributed by atoms with Crippen LogP contribution in [-0.4, -0.2) is 43.7 Å².